The van der Waals surface area contributed by atoms with Gasteiger partial charge in [-0.1, -0.05) is 0 Å². The lowest BCUT2D eigenvalue weighted by atomic mass is 9.83. The van der Waals surface area contributed by atoms with E-state index in [4.69, 9.17) is 4.74 Å². The van der Waals surface area contributed by atoms with E-state index in [-0.39, 0.29) is 6.04 Å². The third-order valence-corrected chi connectivity index (χ3v) is 3.27. The zero-order valence-electron chi connectivity index (χ0n) is 11.8. The summed E-state index contributed by atoms with van der Waals surface area (Å²) in [6, 6.07) is -0.301. The molecule has 1 amide bonds. The smallest absolute Gasteiger partial charge is 0.410 e. The van der Waals surface area contributed by atoms with E-state index in [0.717, 1.165) is 6.42 Å². The molecule has 5 heteroatoms. The predicted molar refractivity (Wildman–Crippen MR) is 67.4 cm³/mol. The third kappa shape index (κ3) is 3.15. The van der Waals surface area contributed by atoms with E-state index >= 15 is 0 Å². The molecule has 0 aliphatic carbocycles. The molecule has 0 aromatic heterocycles. The summed E-state index contributed by atoms with van der Waals surface area (Å²) in [7, 11) is 0. The third-order valence-electron chi connectivity index (χ3n) is 3.27. The van der Waals surface area contributed by atoms with E-state index < -0.39 is 23.1 Å². The Labute approximate surface area is 108 Å². The fourth-order valence-corrected chi connectivity index (χ4v) is 2.20. The van der Waals surface area contributed by atoms with Gasteiger partial charge in [0.2, 0.25) is 0 Å². The molecule has 1 N–H and O–H groups in total. The number of nitrogens with zero attached hydrogens (tertiary/aromatic N) is 1. The van der Waals surface area contributed by atoms with Crippen LogP contribution in [0.4, 0.5) is 4.79 Å². The van der Waals surface area contributed by atoms with Crippen LogP contribution >= 0.6 is 0 Å². The van der Waals surface area contributed by atoms with Gasteiger partial charge in [0.25, 0.3) is 0 Å². The maximum absolute atomic E-state index is 12.1. The second-order valence-corrected chi connectivity index (χ2v) is 6.36. The van der Waals surface area contributed by atoms with Crippen molar-refractivity contribution in [1.29, 1.82) is 0 Å². The summed E-state index contributed by atoms with van der Waals surface area (Å²) < 4.78 is 5.32. The number of amides is 1. The topological polar surface area (TPSA) is 66.8 Å². The number of carboxylic acid groups (broad SMARTS) is 1. The van der Waals surface area contributed by atoms with Crippen molar-refractivity contribution in [3.63, 3.8) is 0 Å². The predicted octanol–water partition coefficient (Wildman–Crippen LogP) is 2.50. The number of rotatable bonds is 2. The van der Waals surface area contributed by atoms with E-state index in [1.54, 1.807) is 39.5 Å². The first-order chi connectivity index (χ1) is 8.05. The summed E-state index contributed by atoms with van der Waals surface area (Å²) in [6.07, 6.45) is 1.11. The van der Waals surface area contributed by atoms with Crippen LogP contribution in [0.1, 0.15) is 47.5 Å². The molecule has 0 bridgehead atoms. The molecule has 5 nitrogen and oxygen atoms in total. The van der Waals surface area contributed by atoms with Gasteiger partial charge in [-0.3, -0.25) is 4.79 Å². The largest absolute Gasteiger partial charge is 0.481 e. The number of hydrogen-bond donors (Lipinski definition) is 1. The van der Waals surface area contributed by atoms with E-state index in [0.29, 0.717) is 13.0 Å². The first-order valence-electron chi connectivity index (χ1n) is 6.29. The monoisotopic (exact) mass is 257 g/mol. The average molecular weight is 257 g/mol. The summed E-state index contributed by atoms with van der Waals surface area (Å²) in [5.41, 5.74) is -1.51. The van der Waals surface area contributed by atoms with Gasteiger partial charge in [0.15, 0.2) is 0 Å². The van der Waals surface area contributed by atoms with Gasteiger partial charge in [0, 0.05) is 6.54 Å². The zero-order valence-corrected chi connectivity index (χ0v) is 11.8. The van der Waals surface area contributed by atoms with Gasteiger partial charge in [0.05, 0.1) is 11.5 Å². The average Bonchev–Trinajstić information content (AvgIpc) is 2.62. The second-order valence-electron chi connectivity index (χ2n) is 6.36. The molecule has 0 saturated carbocycles. The Kier molecular flexibility index (Phi) is 3.93. The lowest BCUT2D eigenvalue weighted by Crippen LogP contribution is -2.49. The molecule has 0 radical (unpaired) electrons. The van der Waals surface area contributed by atoms with Crippen molar-refractivity contribution in [2.24, 2.45) is 5.41 Å². The summed E-state index contributed by atoms with van der Waals surface area (Å²) in [5, 5.41) is 9.26. The molecule has 1 aliphatic heterocycles. The van der Waals surface area contributed by atoms with Crippen LogP contribution in [0.15, 0.2) is 0 Å². The SMILES string of the molecule is CC(C)(C)OC(=O)N1CCC[C@@H]1C(C)(C)C(=O)O. The van der Waals surface area contributed by atoms with Crippen molar-refractivity contribution in [1.82, 2.24) is 4.90 Å². The number of carbonyl (C=O) groups excluding carboxylic acids is 1. The van der Waals surface area contributed by atoms with Crippen LogP contribution in [0.25, 0.3) is 0 Å². The molecule has 0 unspecified atom stereocenters. The van der Waals surface area contributed by atoms with Crippen molar-refractivity contribution in [2.75, 3.05) is 6.54 Å². The molecule has 18 heavy (non-hydrogen) atoms. The van der Waals surface area contributed by atoms with Gasteiger partial charge in [0.1, 0.15) is 5.60 Å². The summed E-state index contributed by atoms with van der Waals surface area (Å²) in [4.78, 5) is 24.9. The molecule has 1 fully saturated rings. The Bertz CT molecular complexity index is 343. The van der Waals surface area contributed by atoms with Crippen LogP contribution in [0.3, 0.4) is 0 Å². The molecule has 104 valence electrons. The molecule has 1 heterocycles. The van der Waals surface area contributed by atoms with Crippen molar-refractivity contribution in [3.8, 4) is 0 Å². The minimum atomic E-state index is -0.951. The van der Waals surface area contributed by atoms with E-state index in [1.807, 2.05) is 0 Å². The quantitative estimate of drug-likeness (QED) is 0.825. The van der Waals surface area contributed by atoms with Gasteiger partial charge in [-0.15, -0.1) is 0 Å². The lowest BCUT2D eigenvalue weighted by molar-refractivity contribution is -0.150. The van der Waals surface area contributed by atoms with Crippen LogP contribution in [-0.4, -0.2) is 40.3 Å². The first kappa shape index (κ1) is 14.8. The highest BCUT2D eigenvalue weighted by molar-refractivity contribution is 5.77. The highest BCUT2D eigenvalue weighted by Crippen LogP contribution is 2.34. The van der Waals surface area contributed by atoms with Crippen LogP contribution in [-0.2, 0) is 9.53 Å². The van der Waals surface area contributed by atoms with Gasteiger partial charge in [-0.25, -0.2) is 4.79 Å². The summed E-state index contributed by atoms with van der Waals surface area (Å²) >= 11 is 0. The molecule has 0 spiro atoms. The molecule has 0 aromatic carbocycles. The summed E-state index contributed by atoms with van der Waals surface area (Å²) in [6.45, 7) is 9.29. The van der Waals surface area contributed by atoms with Gasteiger partial charge in [-0.05, 0) is 47.5 Å². The molecule has 1 rings (SSSR count). The highest BCUT2D eigenvalue weighted by atomic mass is 16.6. The van der Waals surface area contributed by atoms with Crippen LogP contribution in [0, 0.1) is 5.41 Å². The molecular weight excluding hydrogens is 234 g/mol. The van der Waals surface area contributed by atoms with Crippen LogP contribution in [0.5, 0.6) is 0 Å². The Hall–Kier alpha value is -1.26. The minimum absolute atomic E-state index is 0.301. The summed E-state index contributed by atoms with van der Waals surface area (Å²) in [5.74, 6) is -0.886. The normalized spacial score (nSPS) is 20.9. The maximum Gasteiger partial charge on any atom is 0.410 e. The molecule has 1 aliphatic rings. The molecule has 1 saturated heterocycles. The van der Waals surface area contributed by atoms with Crippen LogP contribution < -0.4 is 0 Å². The minimum Gasteiger partial charge on any atom is -0.481 e. The number of carboxylic acids is 1. The number of carbonyl (C=O) groups is 2. The Morgan fingerprint density at radius 2 is 1.78 bits per heavy atom. The van der Waals surface area contributed by atoms with Gasteiger partial charge in [-0.2, -0.15) is 0 Å². The van der Waals surface area contributed by atoms with Crippen molar-refractivity contribution < 1.29 is 19.4 Å². The number of likely N-dealkylation sites (tertiary alicyclic amines) is 1. The van der Waals surface area contributed by atoms with Gasteiger partial charge < -0.3 is 14.7 Å². The molecular formula is C13H23NO4. The lowest BCUT2D eigenvalue weighted by Gasteiger charge is -2.35. The van der Waals surface area contributed by atoms with Crippen molar-refractivity contribution >= 4 is 12.1 Å². The van der Waals surface area contributed by atoms with Crippen molar-refractivity contribution in [2.45, 2.75) is 59.1 Å². The zero-order chi connectivity index (χ0) is 14.1. The first-order valence-corrected chi connectivity index (χ1v) is 6.29. The number of aliphatic carboxylic acids is 1. The van der Waals surface area contributed by atoms with E-state index in [1.165, 1.54) is 0 Å². The number of hydrogen-bond acceptors (Lipinski definition) is 3. The molecule has 0 aromatic rings. The van der Waals surface area contributed by atoms with Gasteiger partial charge >= 0.3 is 12.1 Å². The second kappa shape index (κ2) is 4.78. The highest BCUT2D eigenvalue weighted by Gasteiger charge is 2.45. The molecule has 1 atom stereocenters. The number of ether oxygens (including phenoxy) is 1. The van der Waals surface area contributed by atoms with E-state index in [2.05, 4.69) is 0 Å². The fourth-order valence-electron chi connectivity index (χ4n) is 2.20. The fraction of sp³-hybridized carbons (Fsp3) is 0.846. The van der Waals surface area contributed by atoms with Crippen molar-refractivity contribution in [3.05, 3.63) is 0 Å². The maximum atomic E-state index is 12.1. The standard InChI is InChI=1S/C13H23NO4/c1-12(2,3)18-11(17)14-8-6-7-9(14)13(4,5)10(15)16/h9H,6-8H2,1-5H3,(H,15,16)/t9-/m1/s1. The Balaban J connectivity index is 2.83. The Morgan fingerprint density at radius 1 is 1.22 bits per heavy atom. The Morgan fingerprint density at radius 3 is 2.22 bits per heavy atom. The van der Waals surface area contributed by atoms with Crippen LogP contribution in [0.2, 0.25) is 0 Å². The van der Waals surface area contributed by atoms with E-state index in [9.17, 15) is 14.7 Å².